The van der Waals surface area contributed by atoms with Gasteiger partial charge in [0, 0.05) is 59.0 Å². The van der Waals surface area contributed by atoms with Crippen LogP contribution < -0.4 is 5.32 Å². The van der Waals surface area contributed by atoms with Crippen molar-refractivity contribution in [3.8, 4) is 0 Å². The van der Waals surface area contributed by atoms with Gasteiger partial charge in [-0.2, -0.15) is 0 Å². The lowest BCUT2D eigenvalue weighted by Gasteiger charge is -2.37. The smallest absolute Gasteiger partial charge is 0.251 e. The van der Waals surface area contributed by atoms with Gasteiger partial charge in [0.05, 0.1) is 0 Å². The van der Waals surface area contributed by atoms with Crippen molar-refractivity contribution in [2.24, 2.45) is 16.8 Å². The molecule has 7 heteroatoms. The van der Waals surface area contributed by atoms with Crippen molar-refractivity contribution in [3.05, 3.63) is 0 Å². The van der Waals surface area contributed by atoms with Gasteiger partial charge < -0.3 is 24.8 Å². The zero-order valence-electron chi connectivity index (χ0n) is 19.4. The lowest BCUT2D eigenvalue weighted by Crippen LogP contribution is -2.55. The van der Waals surface area contributed by atoms with E-state index in [0.29, 0.717) is 0 Å². The van der Waals surface area contributed by atoms with E-state index in [9.17, 15) is 4.79 Å². The number of guanidine groups is 1. The summed E-state index contributed by atoms with van der Waals surface area (Å²) >= 11 is 0. The minimum atomic E-state index is -0.204. The van der Waals surface area contributed by atoms with Crippen LogP contribution in [0.25, 0.3) is 0 Å². The monoisotopic (exact) mass is 421 g/mol. The molecule has 3 rings (SSSR count). The summed E-state index contributed by atoms with van der Waals surface area (Å²) in [5.74, 6) is 2.84. The maximum atomic E-state index is 12.6. The molecule has 0 aromatic rings. The van der Waals surface area contributed by atoms with Gasteiger partial charge in [-0.25, -0.2) is 0 Å². The van der Waals surface area contributed by atoms with E-state index >= 15 is 0 Å². The molecule has 30 heavy (non-hydrogen) atoms. The molecule has 3 atom stereocenters. The van der Waals surface area contributed by atoms with Crippen LogP contribution in [0.15, 0.2) is 4.99 Å². The van der Waals surface area contributed by atoms with Crippen LogP contribution in [0.2, 0.25) is 0 Å². The van der Waals surface area contributed by atoms with Crippen LogP contribution in [-0.4, -0.2) is 98.2 Å². The highest BCUT2D eigenvalue weighted by Gasteiger charge is 2.30. The zero-order chi connectivity index (χ0) is 21.3. The van der Waals surface area contributed by atoms with E-state index in [2.05, 4.69) is 35.9 Å². The summed E-state index contributed by atoms with van der Waals surface area (Å²) in [6, 6.07) is 0. The number of carbonyl (C=O) groups is 1. The first-order chi connectivity index (χ1) is 14.6. The molecule has 0 aliphatic carbocycles. The number of amides is 1. The molecule has 0 bridgehead atoms. The normalized spacial score (nSPS) is 28.8. The molecule has 0 spiro atoms. The van der Waals surface area contributed by atoms with Crippen LogP contribution >= 0.6 is 0 Å². The SMILES string of the molecule is CCNC(=NCCCCN1CC(C)CC(C)C1)N1CCN(C(=O)C2CCCO2)CC1. The van der Waals surface area contributed by atoms with Crippen LogP contribution in [0, 0.1) is 11.8 Å². The molecular weight excluding hydrogens is 378 g/mol. The molecule has 3 aliphatic heterocycles. The Bertz CT molecular complexity index is 546. The number of ether oxygens (including phenoxy) is 1. The molecule has 7 nitrogen and oxygen atoms in total. The van der Waals surface area contributed by atoms with Gasteiger partial charge in [-0.15, -0.1) is 0 Å². The number of carbonyl (C=O) groups excluding carboxylic acids is 1. The third kappa shape index (κ3) is 6.84. The van der Waals surface area contributed by atoms with Crippen LogP contribution in [0.5, 0.6) is 0 Å². The van der Waals surface area contributed by atoms with Crippen molar-refractivity contribution in [2.45, 2.75) is 59.0 Å². The summed E-state index contributed by atoms with van der Waals surface area (Å²) in [6.45, 7) is 16.3. The van der Waals surface area contributed by atoms with Gasteiger partial charge in [-0.1, -0.05) is 13.8 Å². The summed E-state index contributed by atoms with van der Waals surface area (Å²) in [5.41, 5.74) is 0. The summed E-state index contributed by atoms with van der Waals surface area (Å²) in [7, 11) is 0. The Morgan fingerprint density at radius 1 is 1.07 bits per heavy atom. The number of nitrogens with zero attached hydrogens (tertiary/aromatic N) is 4. The first kappa shape index (κ1) is 23.3. The highest BCUT2D eigenvalue weighted by atomic mass is 16.5. The predicted octanol–water partition coefficient (Wildman–Crippen LogP) is 2.03. The van der Waals surface area contributed by atoms with Crippen molar-refractivity contribution in [2.75, 3.05) is 65.5 Å². The van der Waals surface area contributed by atoms with Gasteiger partial charge in [0.2, 0.25) is 0 Å². The molecule has 3 heterocycles. The molecular formula is C23H43N5O2. The maximum absolute atomic E-state index is 12.6. The van der Waals surface area contributed by atoms with E-state index in [1.165, 1.54) is 32.5 Å². The van der Waals surface area contributed by atoms with Crippen molar-refractivity contribution in [1.82, 2.24) is 20.0 Å². The maximum Gasteiger partial charge on any atom is 0.251 e. The second kappa shape index (κ2) is 11.9. The second-order valence-electron chi connectivity index (χ2n) is 9.46. The first-order valence-electron chi connectivity index (χ1n) is 12.2. The van der Waals surface area contributed by atoms with E-state index in [0.717, 1.165) is 82.9 Å². The molecule has 3 unspecified atom stereocenters. The zero-order valence-corrected chi connectivity index (χ0v) is 19.4. The number of hydrogen-bond donors (Lipinski definition) is 1. The minimum absolute atomic E-state index is 0.176. The fourth-order valence-corrected chi connectivity index (χ4v) is 5.15. The van der Waals surface area contributed by atoms with Gasteiger partial charge in [-0.3, -0.25) is 9.79 Å². The Labute approximate surface area is 183 Å². The fraction of sp³-hybridized carbons (Fsp3) is 0.913. The summed E-state index contributed by atoms with van der Waals surface area (Å²) in [5, 5.41) is 3.44. The van der Waals surface area contributed by atoms with Crippen LogP contribution in [0.1, 0.15) is 52.9 Å². The molecule has 3 saturated heterocycles. The number of hydrogen-bond acceptors (Lipinski definition) is 4. The Kier molecular flexibility index (Phi) is 9.25. The number of aliphatic imine (C=N–C) groups is 1. The number of likely N-dealkylation sites (tertiary alicyclic amines) is 1. The number of piperidine rings is 1. The van der Waals surface area contributed by atoms with E-state index in [4.69, 9.17) is 9.73 Å². The number of nitrogens with one attached hydrogen (secondary N) is 1. The van der Waals surface area contributed by atoms with Crippen molar-refractivity contribution < 1.29 is 9.53 Å². The van der Waals surface area contributed by atoms with E-state index < -0.39 is 0 Å². The van der Waals surface area contributed by atoms with Gasteiger partial charge in [-0.05, 0) is 57.4 Å². The standard InChI is InChI=1S/C23H43N5O2/c1-4-24-23(25-9-5-6-10-26-17-19(2)16-20(3)18-26)28-13-11-27(12-14-28)22(29)21-8-7-15-30-21/h19-21H,4-18H2,1-3H3,(H,24,25). The largest absolute Gasteiger partial charge is 0.368 e. The van der Waals surface area contributed by atoms with Gasteiger partial charge >= 0.3 is 0 Å². The fourth-order valence-electron chi connectivity index (χ4n) is 5.15. The van der Waals surface area contributed by atoms with Crippen LogP contribution in [-0.2, 0) is 9.53 Å². The van der Waals surface area contributed by atoms with Gasteiger partial charge in [0.15, 0.2) is 5.96 Å². The quantitative estimate of drug-likeness (QED) is 0.387. The molecule has 3 fully saturated rings. The first-order valence-corrected chi connectivity index (χ1v) is 12.2. The highest BCUT2D eigenvalue weighted by Crippen LogP contribution is 2.21. The summed E-state index contributed by atoms with van der Waals surface area (Å²) in [6.07, 6.45) is 5.39. The lowest BCUT2D eigenvalue weighted by atomic mass is 9.92. The van der Waals surface area contributed by atoms with Crippen LogP contribution in [0.4, 0.5) is 0 Å². The van der Waals surface area contributed by atoms with Gasteiger partial charge in [0.25, 0.3) is 5.91 Å². The molecule has 1 amide bonds. The van der Waals surface area contributed by atoms with Crippen molar-refractivity contribution >= 4 is 11.9 Å². The minimum Gasteiger partial charge on any atom is -0.368 e. The Morgan fingerprint density at radius 3 is 2.40 bits per heavy atom. The van der Waals surface area contributed by atoms with E-state index in [1.54, 1.807) is 0 Å². The summed E-state index contributed by atoms with van der Waals surface area (Å²) in [4.78, 5) is 24.3. The third-order valence-corrected chi connectivity index (χ3v) is 6.52. The lowest BCUT2D eigenvalue weighted by molar-refractivity contribution is -0.142. The second-order valence-corrected chi connectivity index (χ2v) is 9.46. The van der Waals surface area contributed by atoms with Crippen molar-refractivity contribution in [1.29, 1.82) is 0 Å². The molecule has 0 saturated carbocycles. The summed E-state index contributed by atoms with van der Waals surface area (Å²) < 4.78 is 5.57. The van der Waals surface area contributed by atoms with Gasteiger partial charge in [0.1, 0.15) is 6.10 Å². The Morgan fingerprint density at radius 2 is 1.77 bits per heavy atom. The molecule has 1 N–H and O–H groups in total. The predicted molar refractivity (Wildman–Crippen MR) is 122 cm³/mol. The molecule has 0 radical (unpaired) electrons. The van der Waals surface area contributed by atoms with Crippen molar-refractivity contribution in [3.63, 3.8) is 0 Å². The Balaban J connectivity index is 1.38. The average Bonchev–Trinajstić information content (AvgIpc) is 3.26. The molecule has 0 aromatic heterocycles. The topological polar surface area (TPSA) is 60.4 Å². The molecule has 172 valence electrons. The average molecular weight is 422 g/mol. The third-order valence-electron chi connectivity index (χ3n) is 6.52. The number of piperazine rings is 1. The van der Waals surface area contributed by atoms with E-state index in [-0.39, 0.29) is 12.0 Å². The van der Waals surface area contributed by atoms with Crippen LogP contribution in [0.3, 0.4) is 0 Å². The molecule has 3 aliphatic rings. The number of unbranched alkanes of at least 4 members (excludes halogenated alkanes) is 1. The molecule has 0 aromatic carbocycles. The Hall–Kier alpha value is -1.34. The number of rotatable bonds is 7. The highest BCUT2D eigenvalue weighted by molar-refractivity contribution is 5.82. The van der Waals surface area contributed by atoms with E-state index in [1.807, 2.05) is 4.90 Å².